The van der Waals surface area contributed by atoms with Gasteiger partial charge in [0.2, 0.25) is 11.8 Å². The van der Waals surface area contributed by atoms with Gasteiger partial charge in [0.25, 0.3) is 0 Å². The van der Waals surface area contributed by atoms with E-state index in [9.17, 15) is 9.59 Å². The Morgan fingerprint density at radius 2 is 1.00 bits per heavy atom. The fourth-order valence-electron chi connectivity index (χ4n) is 5.77. The van der Waals surface area contributed by atoms with Crippen LogP contribution in [0, 0.1) is 0 Å². The van der Waals surface area contributed by atoms with E-state index in [1.54, 1.807) is 0 Å². The SMILES string of the molecule is CN1CCCC1C(=O)N1CCN(CCCN2CCN(C(=O)C3CCCN3C)CC2)CC1. The average molecular weight is 435 g/mol. The first-order chi connectivity index (χ1) is 15.0. The van der Waals surface area contributed by atoms with E-state index in [1.165, 1.54) is 6.42 Å². The predicted molar refractivity (Wildman–Crippen MR) is 122 cm³/mol. The maximum atomic E-state index is 12.7. The Kier molecular flexibility index (Phi) is 7.85. The number of carbonyl (C=O) groups is 2. The Balaban J connectivity index is 1.09. The highest BCUT2D eigenvalue weighted by Gasteiger charge is 2.34. The van der Waals surface area contributed by atoms with Gasteiger partial charge < -0.3 is 9.80 Å². The van der Waals surface area contributed by atoms with E-state index in [-0.39, 0.29) is 12.1 Å². The minimum absolute atomic E-state index is 0.117. The third-order valence-corrected chi connectivity index (χ3v) is 7.93. The average Bonchev–Trinajstić information content (AvgIpc) is 3.41. The van der Waals surface area contributed by atoms with Crippen molar-refractivity contribution in [2.75, 3.05) is 92.6 Å². The lowest BCUT2D eigenvalue weighted by Gasteiger charge is -2.38. The molecule has 4 aliphatic rings. The van der Waals surface area contributed by atoms with E-state index in [4.69, 9.17) is 0 Å². The van der Waals surface area contributed by atoms with Crippen molar-refractivity contribution in [1.82, 2.24) is 29.4 Å². The third kappa shape index (κ3) is 5.59. The number of rotatable bonds is 6. The molecule has 0 aliphatic carbocycles. The molecule has 2 amide bonds. The molecule has 0 aromatic rings. The summed E-state index contributed by atoms with van der Waals surface area (Å²) in [6.45, 7) is 11.8. The van der Waals surface area contributed by atoms with Crippen LogP contribution in [0.1, 0.15) is 32.1 Å². The van der Waals surface area contributed by atoms with Gasteiger partial charge >= 0.3 is 0 Å². The van der Waals surface area contributed by atoms with E-state index in [1.807, 2.05) is 0 Å². The van der Waals surface area contributed by atoms with Crippen molar-refractivity contribution in [1.29, 1.82) is 0 Å². The van der Waals surface area contributed by atoms with Crippen molar-refractivity contribution in [2.24, 2.45) is 0 Å². The predicted octanol–water partition coefficient (Wildman–Crippen LogP) is -0.147. The number of nitrogens with zero attached hydrogens (tertiary/aromatic N) is 6. The number of carbonyl (C=O) groups excluding carboxylic acids is 2. The Labute approximate surface area is 188 Å². The van der Waals surface area contributed by atoms with Crippen LogP contribution < -0.4 is 0 Å². The molecule has 31 heavy (non-hydrogen) atoms. The number of likely N-dealkylation sites (tertiary alicyclic amines) is 2. The molecule has 8 nitrogen and oxygen atoms in total. The van der Waals surface area contributed by atoms with Gasteiger partial charge in [0.15, 0.2) is 0 Å². The van der Waals surface area contributed by atoms with Gasteiger partial charge in [-0.25, -0.2) is 0 Å². The highest BCUT2D eigenvalue weighted by Crippen LogP contribution is 2.19. The van der Waals surface area contributed by atoms with E-state index < -0.39 is 0 Å². The monoisotopic (exact) mass is 434 g/mol. The van der Waals surface area contributed by atoms with E-state index in [0.29, 0.717) is 11.8 Å². The fourth-order valence-corrected chi connectivity index (χ4v) is 5.77. The fraction of sp³-hybridized carbons (Fsp3) is 0.913. The van der Waals surface area contributed by atoms with Gasteiger partial charge in [-0.3, -0.25) is 29.2 Å². The summed E-state index contributed by atoms with van der Waals surface area (Å²) in [6.07, 6.45) is 5.50. The minimum atomic E-state index is 0.117. The van der Waals surface area contributed by atoms with Crippen LogP contribution in [0.25, 0.3) is 0 Å². The second-order valence-electron chi connectivity index (χ2n) is 9.96. The van der Waals surface area contributed by atoms with Crippen LogP contribution >= 0.6 is 0 Å². The highest BCUT2D eigenvalue weighted by atomic mass is 16.2. The molecule has 0 radical (unpaired) electrons. The first-order valence-electron chi connectivity index (χ1n) is 12.5. The second kappa shape index (κ2) is 10.6. The van der Waals surface area contributed by atoms with Gasteiger partial charge in [-0.15, -0.1) is 0 Å². The van der Waals surface area contributed by atoms with E-state index in [0.717, 1.165) is 104 Å². The Morgan fingerprint density at radius 1 is 0.613 bits per heavy atom. The van der Waals surface area contributed by atoms with Gasteiger partial charge in [-0.05, 0) is 72.4 Å². The smallest absolute Gasteiger partial charge is 0.240 e. The molecule has 0 N–H and O–H groups in total. The molecule has 4 aliphatic heterocycles. The Bertz CT molecular complexity index is 563. The van der Waals surface area contributed by atoms with Gasteiger partial charge in [0, 0.05) is 52.4 Å². The maximum Gasteiger partial charge on any atom is 0.240 e. The molecule has 0 aromatic heterocycles. The van der Waals surface area contributed by atoms with Crippen molar-refractivity contribution in [3.8, 4) is 0 Å². The number of hydrogen-bond acceptors (Lipinski definition) is 6. The van der Waals surface area contributed by atoms with Crippen LogP contribution in [0.2, 0.25) is 0 Å². The molecule has 0 saturated carbocycles. The number of likely N-dealkylation sites (N-methyl/N-ethyl adjacent to an activating group) is 2. The summed E-state index contributed by atoms with van der Waals surface area (Å²) < 4.78 is 0. The lowest BCUT2D eigenvalue weighted by atomic mass is 10.1. The summed E-state index contributed by atoms with van der Waals surface area (Å²) in [4.78, 5) is 39.1. The van der Waals surface area contributed by atoms with Gasteiger partial charge in [-0.2, -0.15) is 0 Å². The standard InChI is InChI=1S/C23H42N6O2/c1-24-8-3-6-20(24)22(30)28-16-12-26(13-17-28)10-5-11-27-14-18-29(19-15-27)23(31)21-7-4-9-25(21)2/h20-21H,3-19H2,1-2H3. The number of amides is 2. The summed E-state index contributed by atoms with van der Waals surface area (Å²) in [5, 5.41) is 0. The van der Waals surface area contributed by atoms with Crippen molar-refractivity contribution < 1.29 is 9.59 Å². The molecule has 0 bridgehead atoms. The zero-order valence-corrected chi connectivity index (χ0v) is 19.7. The minimum Gasteiger partial charge on any atom is -0.339 e. The molecule has 4 heterocycles. The summed E-state index contributed by atoms with van der Waals surface area (Å²) >= 11 is 0. The number of piperazine rings is 2. The molecule has 0 aromatic carbocycles. The van der Waals surface area contributed by atoms with Crippen LogP contribution in [-0.4, -0.2) is 146 Å². The number of hydrogen-bond donors (Lipinski definition) is 0. The van der Waals surface area contributed by atoms with Crippen molar-refractivity contribution >= 4 is 11.8 Å². The quantitative estimate of drug-likeness (QED) is 0.580. The van der Waals surface area contributed by atoms with Gasteiger partial charge in [0.05, 0.1) is 12.1 Å². The maximum absolute atomic E-state index is 12.7. The zero-order chi connectivity index (χ0) is 21.8. The molecular formula is C23H42N6O2. The Morgan fingerprint density at radius 3 is 1.32 bits per heavy atom. The molecule has 176 valence electrons. The topological polar surface area (TPSA) is 53.6 Å². The van der Waals surface area contributed by atoms with Crippen molar-refractivity contribution in [2.45, 2.75) is 44.2 Å². The highest BCUT2D eigenvalue weighted by molar-refractivity contribution is 5.82. The van der Waals surface area contributed by atoms with Crippen LogP contribution in [0.3, 0.4) is 0 Å². The van der Waals surface area contributed by atoms with Crippen LogP contribution in [0.5, 0.6) is 0 Å². The summed E-state index contributed by atoms with van der Waals surface area (Å²) in [5.74, 6) is 0.687. The molecule has 4 fully saturated rings. The molecule has 2 atom stereocenters. The summed E-state index contributed by atoms with van der Waals surface area (Å²) in [7, 11) is 4.16. The molecule has 0 spiro atoms. The molecule has 8 heteroatoms. The van der Waals surface area contributed by atoms with E-state index in [2.05, 4.69) is 43.5 Å². The first kappa shape index (κ1) is 23.0. The van der Waals surface area contributed by atoms with Gasteiger partial charge in [-0.1, -0.05) is 0 Å². The van der Waals surface area contributed by atoms with Crippen LogP contribution in [-0.2, 0) is 9.59 Å². The second-order valence-corrected chi connectivity index (χ2v) is 9.96. The largest absolute Gasteiger partial charge is 0.339 e. The molecule has 4 saturated heterocycles. The lowest BCUT2D eigenvalue weighted by molar-refractivity contribution is -0.137. The van der Waals surface area contributed by atoms with Gasteiger partial charge in [0.1, 0.15) is 0 Å². The lowest BCUT2D eigenvalue weighted by Crippen LogP contribution is -2.54. The molecular weight excluding hydrogens is 392 g/mol. The third-order valence-electron chi connectivity index (χ3n) is 7.93. The van der Waals surface area contributed by atoms with Crippen LogP contribution in [0.15, 0.2) is 0 Å². The molecule has 4 rings (SSSR count). The van der Waals surface area contributed by atoms with Crippen molar-refractivity contribution in [3.63, 3.8) is 0 Å². The van der Waals surface area contributed by atoms with Crippen molar-refractivity contribution in [3.05, 3.63) is 0 Å². The zero-order valence-electron chi connectivity index (χ0n) is 19.7. The summed E-state index contributed by atoms with van der Waals surface area (Å²) in [5.41, 5.74) is 0. The Hall–Kier alpha value is -1.22. The molecule has 2 unspecified atom stereocenters. The first-order valence-corrected chi connectivity index (χ1v) is 12.5. The van der Waals surface area contributed by atoms with Crippen LogP contribution in [0.4, 0.5) is 0 Å². The summed E-state index contributed by atoms with van der Waals surface area (Å²) in [6, 6.07) is 0.234. The van der Waals surface area contributed by atoms with E-state index >= 15 is 0 Å². The normalized spacial score (nSPS) is 29.7.